The molecule has 0 saturated carbocycles. The fourth-order valence-corrected chi connectivity index (χ4v) is 3.30. The second kappa shape index (κ2) is 11.0. The fraction of sp³-hybridized carbons (Fsp3) is 0.185. The van der Waals surface area contributed by atoms with E-state index in [1.165, 1.54) is 31.2 Å². The Bertz CT molecular complexity index is 1180. The number of benzene rings is 3. The van der Waals surface area contributed by atoms with E-state index < -0.39 is 18.0 Å². The van der Waals surface area contributed by atoms with E-state index in [2.05, 4.69) is 10.6 Å². The lowest BCUT2D eigenvalue weighted by molar-refractivity contribution is -0.130. The third kappa shape index (κ3) is 6.16. The molecule has 0 fully saturated rings. The van der Waals surface area contributed by atoms with Crippen LogP contribution in [0.3, 0.4) is 0 Å². The van der Waals surface area contributed by atoms with E-state index in [1.54, 1.807) is 24.3 Å². The molecule has 7 heteroatoms. The average Bonchev–Trinajstić information content (AvgIpc) is 2.85. The molecule has 0 heterocycles. The van der Waals surface area contributed by atoms with E-state index in [0.717, 1.165) is 11.1 Å². The van der Waals surface area contributed by atoms with Crippen LogP contribution in [-0.4, -0.2) is 36.2 Å². The maximum absolute atomic E-state index is 12.5. The van der Waals surface area contributed by atoms with Crippen molar-refractivity contribution in [2.24, 2.45) is 0 Å². The number of nitrogens with one attached hydrogen (secondary N) is 2. The first-order valence-electron chi connectivity index (χ1n) is 10.8. The third-order valence-electron chi connectivity index (χ3n) is 5.24. The summed E-state index contributed by atoms with van der Waals surface area (Å²) < 4.78 is 5.20. The Hall–Kier alpha value is -4.26. The van der Waals surface area contributed by atoms with Gasteiger partial charge in [0.05, 0.1) is 12.1 Å². The molecule has 0 aliphatic carbocycles. The van der Waals surface area contributed by atoms with Crippen molar-refractivity contribution in [1.82, 2.24) is 5.32 Å². The molecule has 7 nitrogen and oxygen atoms in total. The third-order valence-corrected chi connectivity index (χ3v) is 5.24. The van der Waals surface area contributed by atoms with Crippen LogP contribution in [0.1, 0.15) is 44.3 Å². The van der Waals surface area contributed by atoms with Gasteiger partial charge in [-0.1, -0.05) is 60.7 Å². The molecule has 3 aromatic rings. The summed E-state index contributed by atoms with van der Waals surface area (Å²) in [6, 6.07) is 20.5. The maximum atomic E-state index is 12.5. The minimum absolute atomic E-state index is 0.160. The lowest BCUT2D eigenvalue weighted by Gasteiger charge is -2.15. The summed E-state index contributed by atoms with van der Waals surface area (Å²) in [6.07, 6.45) is -1.11. The number of rotatable bonds is 8. The molecule has 34 heavy (non-hydrogen) atoms. The first-order chi connectivity index (χ1) is 16.3. The monoisotopic (exact) mass is 458 g/mol. The zero-order chi connectivity index (χ0) is 24.7. The minimum Gasteiger partial charge on any atom is -0.449 e. The van der Waals surface area contributed by atoms with Crippen LogP contribution in [0.5, 0.6) is 0 Å². The van der Waals surface area contributed by atoms with Gasteiger partial charge >= 0.3 is 5.97 Å². The summed E-state index contributed by atoms with van der Waals surface area (Å²) in [5.74, 6) is -1.85. The number of anilines is 1. The molecule has 2 N–H and O–H groups in total. The van der Waals surface area contributed by atoms with Gasteiger partial charge in [-0.25, -0.2) is 4.79 Å². The van der Waals surface area contributed by atoms with Crippen molar-refractivity contribution in [3.8, 4) is 0 Å². The highest BCUT2D eigenvalue weighted by atomic mass is 16.5. The van der Waals surface area contributed by atoms with Gasteiger partial charge in [0.25, 0.3) is 5.91 Å². The molecule has 0 radical (unpaired) electrons. The minimum atomic E-state index is -1.11. The van der Waals surface area contributed by atoms with Crippen molar-refractivity contribution in [3.05, 3.63) is 101 Å². The van der Waals surface area contributed by atoms with E-state index in [4.69, 9.17) is 4.74 Å². The summed E-state index contributed by atoms with van der Waals surface area (Å²) in [6.45, 7) is 4.92. The first kappa shape index (κ1) is 24.4. The Balaban J connectivity index is 1.51. The van der Waals surface area contributed by atoms with Crippen molar-refractivity contribution in [1.29, 1.82) is 0 Å². The second-order valence-corrected chi connectivity index (χ2v) is 7.85. The van der Waals surface area contributed by atoms with Crippen LogP contribution >= 0.6 is 0 Å². The number of carbonyl (C=O) groups is 4. The van der Waals surface area contributed by atoms with E-state index in [1.807, 2.05) is 38.1 Å². The highest BCUT2D eigenvalue weighted by Crippen LogP contribution is 2.19. The van der Waals surface area contributed by atoms with E-state index in [-0.39, 0.29) is 23.8 Å². The predicted octanol–water partition coefficient (Wildman–Crippen LogP) is 3.83. The molecule has 3 aromatic carbocycles. The summed E-state index contributed by atoms with van der Waals surface area (Å²) in [5.41, 5.74) is 3.72. The van der Waals surface area contributed by atoms with Gasteiger partial charge < -0.3 is 15.4 Å². The van der Waals surface area contributed by atoms with Gasteiger partial charge in [0.15, 0.2) is 11.9 Å². The summed E-state index contributed by atoms with van der Waals surface area (Å²) in [4.78, 5) is 49.4. The van der Waals surface area contributed by atoms with Crippen LogP contribution in [0.2, 0.25) is 0 Å². The van der Waals surface area contributed by atoms with Crippen LogP contribution in [0.4, 0.5) is 5.69 Å². The Labute approximate surface area is 198 Å². The molecule has 0 bridgehead atoms. The van der Waals surface area contributed by atoms with Crippen LogP contribution in [0, 0.1) is 13.8 Å². The van der Waals surface area contributed by atoms with Crippen LogP contribution < -0.4 is 10.6 Å². The zero-order valence-electron chi connectivity index (χ0n) is 19.3. The normalized spacial score (nSPS) is 11.3. The highest BCUT2D eigenvalue weighted by Gasteiger charge is 2.20. The van der Waals surface area contributed by atoms with Gasteiger partial charge in [-0.2, -0.15) is 0 Å². The molecular weight excluding hydrogens is 432 g/mol. The van der Waals surface area contributed by atoms with Crippen molar-refractivity contribution >= 4 is 29.3 Å². The van der Waals surface area contributed by atoms with Crippen molar-refractivity contribution in [3.63, 3.8) is 0 Å². The summed E-state index contributed by atoms with van der Waals surface area (Å²) >= 11 is 0. The number of hydrogen-bond donors (Lipinski definition) is 2. The van der Waals surface area contributed by atoms with Gasteiger partial charge in [0.2, 0.25) is 5.91 Å². The van der Waals surface area contributed by atoms with Crippen molar-refractivity contribution in [2.45, 2.75) is 26.9 Å². The molecule has 0 aliphatic heterocycles. The Morgan fingerprint density at radius 3 is 1.94 bits per heavy atom. The molecule has 3 rings (SSSR count). The number of aryl methyl sites for hydroxylation is 2. The number of esters is 1. The maximum Gasteiger partial charge on any atom is 0.338 e. The second-order valence-electron chi connectivity index (χ2n) is 7.85. The lowest BCUT2D eigenvalue weighted by atomic mass is 10.0. The Kier molecular flexibility index (Phi) is 7.92. The number of amides is 2. The van der Waals surface area contributed by atoms with E-state index in [0.29, 0.717) is 16.8 Å². The van der Waals surface area contributed by atoms with Crippen LogP contribution in [-0.2, 0) is 14.3 Å². The number of para-hydroxylation sites is 1. The van der Waals surface area contributed by atoms with E-state index >= 15 is 0 Å². The number of hydrogen-bond acceptors (Lipinski definition) is 5. The molecule has 0 saturated heterocycles. The number of ether oxygens (including phenoxy) is 1. The largest absolute Gasteiger partial charge is 0.449 e. The molecule has 0 aliphatic rings. The van der Waals surface area contributed by atoms with Gasteiger partial charge in [0, 0.05) is 16.8 Å². The smallest absolute Gasteiger partial charge is 0.338 e. The van der Waals surface area contributed by atoms with Crippen molar-refractivity contribution < 1.29 is 23.9 Å². The van der Waals surface area contributed by atoms with Crippen LogP contribution in [0.25, 0.3) is 0 Å². The number of ketones is 1. The fourth-order valence-electron chi connectivity index (χ4n) is 3.30. The SMILES string of the molecule is Cc1cccc(C)c1NC(=O)CNC(=O)[C@H](C)OC(=O)c1ccc(C(=O)c2ccccc2)cc1. The Morgan fingerprint density at radius 1 is 0.765 bits per heavy atom. The molecule has 1 atom stereocenters. The molecule has 174 valence electrons. The number of carbonyl (C=O) groups excluding carboxylic acids is 4. The van der Waals surface area contributed by atoms with Crippen LogP contribution in [0.15, 0.2) is 72.8 Å². The molecular formula is C27H26N2O5. The quantitative estimate of drug-likeness (QED) is 0.395. The van der Waals surface area contributed by atoms with Gasteiger partial charge in [0.1, 0.15) is 0 Å². The molecule has 0 unspecified atom stereocenters. The van der Waals surface area contributed by atoms with Gasteiger partial charge in [-0.05, 0) is 44.0 Å². The summed E-state index contributed by atoms with van der Waals surface area (Å²) in [7, 11) is 0. The van der Waals surface area contributed by atoms with Gasteiger partial charge in [-0.15, -0.1) is 0 Å². The van der Waals surface area contributed by atoms with Crippen molar-refractivity contribution in [2.75, 3.05) is 11.9 Å². The highest BCUT2D eigenvalue weighted by molar-refractivity contribution is 6.09. The van der Waals surface area contributed by atoms with E-state index in [9.17, 15) is 19.2 Å². The lowest BCUT2D eigenvalue weighted by Crippen LogP contribution is -2.40. The molecule has 2 amide bonds. The molecule has 0 aromatic heterocycles. The topological polar surface area (TPSA) is 102 Å². The Morgan fingerprint density at radius 2 is 1.32 bits per heavy atom. The zero-order valence-corrected chi connectivity index (χ0v) is 19.3. The average molecular weight is 459 g/mol. The predicted molar refractivity (Wildman–Crippen MR) is 129 cm³/mol. The molecule has 0 spiro atoms. The first-order valence-corrected chi connectivity index (χ1v) is 10.8. The standard InChI is InChI=1S/C27H26N2O5/c1-17-8-7-9-18(2)24(17)29-23(30)16-28-26(32)19(3)34-27(33)22-14-12-21(13-15-22)25(31)20-10-5-4-6-11-20/h4-15,19H,16H2,1-3H3,(H,28,32)(H,29,30)/t19-/m0/s1. The van der Waals surface area contributed by atoms with Gasteiger partial charge in [-0.3, -0.25) is 14.4 Å². The summed E-state index contributed by atoms with van der Waals surface area (Å²) in [5, 5.41) is 5.24.